The minimum Gasteiger partial charge on any atom is -0.383 e. The summed E-state index contributed by atoms with van der Waals surface area (Å²) in [6.45, 7) is 3.98. The van der Waals surface area contributed by atoms with Gasteiger partial charge in [0.15, 0.2) is 0 Å². The van der Waals surface area contributed by atoms with E-state index >= 15 is 0 Å². The molecule has 1 aromatic carbocycles. The van der Waals surface area contributed by atoms with E-state index in [0.717, 1.165) is 42.8 Å². The fourth-order valence-corrected chi connectivity index (χ4v) is 4.20. The van der Waals surface area contributed by atoms with Crippen molar-refractivity contribution >= 4 is 37.6 Å². The van der Waals surface area contributed by atoms with Crippen molar-refractivity contribution in [2.45, 2.75) is 13.8 Å². The van der Waals surface area contributed by atoms with E-state index in [-0.39, 0.29) is 5.82 Å². The molecule has 0 atom stereocenters. The van der Waals surface area contributed by atoms with Crippen molar-refractivity contribution in [1.29, 1.82) is 5.26 Å². The molecule has 0 aliphatic carbocycles. The number of rotatable bonds is 1. The van der Waals surface area contributed by atoms with E-state index in [1.807, 2.05) is 25.1 Å². The number of hydrogen-bond acceptors (Lipinski definition) is 5. The highest BCUT2D eigenvalue weighted by Crippen LogP contribution is 2.38. The number of aromatic nitrogens is 2. The molecule has 0 amide bonds. The van der Waals surface area contributed by atoms with Gasteiger partial charge >= 0.3 is 0 Å². The van der Waals surface area contributed by atoms with Gasteiger partial charge in [-0.25, -0.2) is 9.97 Å². The molecule has 2 N–H and O–H groups in total. The highest BCUT2D eigenvalue weighted by atomic mass is 32.1. The predicted octanol–water partition coefficient (Wildman–Crippen LogP) is 4.58. The zero-order chi connectivity index (χ0) is 16.8. The molecule has 0 radical (unpaired) electrons. The van der Waals surface area contributed by atoms with Crippen LogP contribution in [-0.2, 0) is 0 Å². The average molecular weight is 330 g/mol. The normalized spacial score (nSPS) is 11.0. The summed E-state index contributed by atoms with van der Waals surface area (Å²) >= 11 is 1.57. The van der Waals surface area contributed by atoms with E-state index in [1.54, 1.807) is 11.3 Å². The summed E-state index contributed by atoms with van der Waals surface area (Å²) in [5, 5.41) is 10.3. The monoisotopic (exact) mass is 330 g/mol. The largest absolute Gasteiger partial charge is 0.383 e. The van der Waals surface area contributed by atoms with Crippen LogP contribution in [0.1, 0.15) is 16.7 Å². The number of nitrogens with two attached hydrogens (primary N) is 1. The van der Waals surface area contributed by atoms with Crippen LogP contribution in [0.25, 0.3) is 31.7 Å². The van der Waals surface area contributed by atoms with Crippen LogP contribution >= 0.6 is 11.3 Å². The third-order valence-electron chi connectivity index (χ3n) is 4.22. The fraction of sp³-hybridized carbons (Fsp3) is 0.105. The number of nitrogen functional groups attached to an aromatic ring is 1. The Kier molecular flexibility index (Phi) is 3.22. The van der Waals surface area contributed by atoms with E-state index in [1.165, 1.54) is 0 Å². The standard InChI is InChI=1S/C19H14N4S/c1-10-8-14(12-6-4-3-5-7-12)22-19-15(10)16-17(24-19)11(2)13(9-20)18(21)23-16/h3-8H,1-2H3,(H2,21,23). The first-order valence-electron chi connectivity index (χ1n) is 7.55. The van der Waals surface area contributed by atoms with Crippen molar-refractivity contribution in [1.82, 2.24) is 9.97 Å². The van der Waals surface area contributed by atoms with Crippen LogP contribution in [0.4, 0.5) is 5.82 Å². The number of hydrogen-bond donors (Lipinski definition) is 1. The minimum absolute atomic E-state index is 0.286. The number of pyridine rings is 2. The first kappa shape index (κ1) is 14.6. The second-order valence-corrected chi connectivity index (χ2v) is 6.76. The molecular formula is C19H14N4S. The van der Waals surface area contributed by atoms with Crippen molar-refractivity contribution in [3.8, 4) is 17.3 Å². The molecule has 0 bridgehead atoms. The van der Waals surface area contributed by atoms with Gasteiger partial charge in [0, 0.05) is 10.9 Å². The van der Waals surface area contributed by atoms with Crippen molar-refractivity contribution < 1.29 is 0 Å². The van der Waals surface area contributed by atoms with Crippen molar-refractivity contribution in [3.05, 3.63) is 53.1 Å². The number of nitrogens with zero attached hydrogens (tertiary/aromatic N) is 3. The molecule has 0 unspecified atom stereocenters. The van der Waals surface area contributed by atoms with Gasteiger partial charge in [-0.15, -0.1) is 11.3 Å². The highest BCUT2D eigenvalue weighted by Gasteiger charge is 2.17. The van der Waals surface area contributed by atoms with Crippen LogP contribution in [0, 0.1) is 25.2 Å². The second kappa shape index (κ2) is 5.29. The van der Waals surface area contributed by atoms with Crippen LogP contribution in [0.15, 0.2) is 36.4 Å². The van der Waals surface area contributed by atoms with Gasteiger partial charge in [0.25, 0.3) is 0 Å². The quantitative estimate of drug-likeness (QED) is 0.554. The maximum absolute atomic E-state index is 9.30. The molecule has 4 aromatic rings. The van der Waals surface area contributed by atoms with Gasteiger partial charge in [-0.05, 0) is 31.0 Å². The van der Waals surface area contributed by atoms with Crippen LogP contribution in [0.2, 0.25) is 0 Å². The topological polar surface area (TPSA) is 75.6 Å². The lowest BCUT2D eigenvalue weighted by Gasteiger charge is -2.05. The first-order chi connectivity index (χ1) is 11.6. The Bertz CT molecular complexity index is 1140. The Morgan fingerprint density at radius 3 is 2.58 bits per heavy atom. The third kappa shape index (κ3) is 2.04. The van der Waals surface area contributed by atoms with Gasteiger partial charge < -0.3 is 5.73 Å². The summed E-state index contributed by atoms with van der Waals surface area (Å²) in [4.78, 5) is 10.2. The number of benzene rings is 1. The molecule has 5 heteroatoms. The number of aryl methyl sites for hydroxylation is 2. The van der Waals surface area contributed by atoms with E-state index in [0.29, 0.717) is 5.56 Å². The average Bonchev–Trinajstić information content (AvgIpc) is 2.95. The fourth-order valence-electron chi connectivity index (χ4n) is 3.00. The van der Waals surface area contributed by atoms with Gasteiger partial charge in [-0.3, -0.25) is 0 Å². The molecule has 0 aliphatic rings. The van der Waals surface area contributed by atoms with Gasteiger partial charge in [-0.2, -0.15) is 5.26 Å². The molecule has 4 rings (SSSR count). The highest BCUT2D eigenvalue weighted by molar-refractivity contribution is 7.25. The molecule has 3 aromatic heterocycles. The second-order valence-electron chi connectivity index (χ2n) is 5.76. The molecule has 0 aliphatic heterocycles. The molecular weight excluding hydrogens is 316 g/mol. The molecule has 3 heterocycles. The Hall–Kier alpha value is -2.97. The Morgan fingerprint density at radius 1 is 1.12 bits per heavy atom. The SMILES string of the molecule is Cc1c(C#N)c(N)nc2c1sc1nc(-c3ccccc3)cc(C)c12. The van der Waals surface area contributed by atoms with Crippen molar-refractivity contribution in [2.75, 3.05) is 5.73 Å². The van der Waals surface area contributed by atoms with E-state index in [2.05, 4.69) is 36.2 Å². The molecule has 0 spiro atoms. The lowest BCUT2D eigenvalue weighted by Crippen LogP contribution is -1.97. The Labute approximate surface area is 143 Å². The molecule has 4 nitrogen and oxygen atoms in total. The number of fused-ring (bicyclic) bond motifs is 3. The summed E-state index contributed by atoms with van der Waals surface area (Å²) in [6.07, 6.45) is 0. The predicted molar refractivity (Wildman–Crippen MR) is 99.0 cm³/mol. The van der Waals surface area contributed by atoms with E-state index < -0.39 is 0 Å². The van der Waals surface area contributed by atoms with Gasteiger partial charge in [-0.1, -0.05) is 30.3 Å². The molecule has 0 fully saturated rings. The lowest BCUT2D eigenvalue weighted by atomic mass is 10.1. The summed E-state index contributed by atoms with van der Waals surface area (Å²) in [5.41, 5.74) is 11.3. The summed E-state index contributed by atoms with van der Waals surface area (Å²) in [7, 11) is 0. The summed E-state index contributed by atoms with van der Waals surface area (Å²) < 4.78 is 0.983. The minimum atomic E-state index is 0.286. The third-order valence-corrected chi connectivity index (χ3v) is 5.41. The lowest BCUT2D eigenvalue weighted by molar-refractivity contribution is 1.34. The summed E-state index contributed by atoms with van der Waals surface area (Å²) in [6, 6.07) is 14.3. The Balaban J connectivity index is 2.09. The van der Waals surface area contributed by atoms with Gasteiger partial charge in [0.1, 0.15) is 16.7 Å². The van der Waals surface area contributed by atoms with Crippen molar-refractivity contribution in [2.24, 2.45) is 0 Å². The molecule has 0 saturated carbocycles. The molecule has 0 saturated heterocycles. The zero-order valence-corrected chi connectivity index (χ0v) is 14.1. The maximum atomic E-state index is 9.30. The molecule has 116 valence electrons. The van der Waals surface area contributed by atoms with Gasteiger partial charge in [0.05, 0.1) is 21.5 Å². The van der Waals surface area contributed by atoms with Crippen LogP contribution in [0.3, 0.4) is 0 Å². The van der Waals surface area contributed by atoms with Crippen LogP contribution < -0.4 is 5.73 Å². The van der Waals surface area contributed by atoms with E-state index in [4.69, 9.17) is 10.7 Å². The Morgan fingerprint density at radius 2 is 1.88 bits per heavy atom. The molecule has 24 heavy (non-hydrogen) atoms. The number of thiophene rings is 1. The maximum Gasteiger partial charge on any atom is 0.142 e. The van der Waals surface area contributed by atoms with Crippen LogP contribution in [0.5, 0.6) is 0 Å². The van der Waals surface area contributed by atoms with Crippen molar-refractivity contribution in [3.63, 3.8) is 0 Å². The number of nitriles is 1. The zero-order valence-electron chi connectivity index (χ0n) is 13.3. The van der Waals surface area contributed by atoms with Gasteiger partial charge in [0.2, 0.25) is 0 Å². The summed E-state index contributed by atoms with van der Waals surface area (Å²) in [5.74, 6) is 0.286. The smallest absolute Gasteiger partial charge is 0.142 e. The van der Waals surface area contributed by atoms with E-state index in [9.17, 15) is 5.26 Å². The number of anilines is 1. The first-order valence-corrected chi connectivity index (χ1v) is 8.37. The van der Waals surface area contributed by atoms with Crippen LogP contribution in [-0.4, -0.2) is 9.97 Å².